The molecule has 168 valence electrons. The molecular weight excluding hydrogens is 422 g/mol. The van der Waals surface area contributed by atoms with E-state index in [-0.39, 0.29) is 5.91 Å². The summed E-state index contributed by atoms with van der Waals surface area (Å²) in [6.07, 6.45) is 5.32. The molecular formula is C24H29N5O2S. The summed E-state index contributed by atoms with van der Waals surface area (Å²) in [5.74, 6) is 1.38. The van der Waals surface area contributed by atoms with Crippen LogP contribution in [0.5, 0.6) is 5.75 Å². The lowest BCUT2D eigenvalue weighted by Gasteiger charge is -2.14. The Morgan fingerprint density at radius 1 is 1.12 bits per heavy atom. The van der Waals surface area contributed by atoms with Crippen LogP contribution < -0.4 is 15.4 Å². The van der Waals surface area contributed by atoms with Crippen molar-refractivity contribution in [1.29, 1.82) is 0 Å². The lowest BCUT2D eigenvalue weighted by Crippen LogP contribution is -2.33. The van der Waals surface area contributed by atoms with Crippen molar-refractivity contribution in [2.75, 3.05) is 31.5 Å². The average molecular weight is 452 g/mol. The number of likely N-dealkylation sites (tertiary alicyclic amines) is 1. The molecule has 1 aliphatic heterocycles. The van der Waals surface area contributed by atoms with Crippen LogP contribution in [0.1, 0.15) is 30.5 Å². The second-order valence-electron chi connectivity index (χ2n) is 7.79. The van der Waals surface area contributed by atoms with Gasteiger partial charge in [-0.2, -0.15) is 0 Å². The van der Waals surface area contributed by atoms with Crippen molar-refractivity contribution in [3.63, 3.8) is 0 Å². The topological polar surface area (TPSA) is 79.4 Å². The van der Waals surface area contributed by atoms with Gasteiger partial charge in [-0.15, -0.1) is 11.3 Å². The minimum Gasteiger partial charge on any atom is -0.485 e. The molecule has 0 unspecified atom stereocenters. The molecule has 32 heavy (non-hydrogen) atoms. The number of thiazole rings is 1. The predicted octanol–water partition coefficient (Wildman–Crippen LogP) is 4.01. The first-order valence-electron chi connectivity index (χ1n) is 11.1. The maximum Gasteiger partial charge on any atom is 0.220 e. The maximum absolute atomic E-state index is 12.1. The van der Waals surface area contributed by atoms with Crippen molar-refractivity contribution < 1.29 is 9.53 Å². The van der Waals surface area contributed by atoms with Crippen LogP contribution in [0.25, 0.3) is 0 Å². The Morgan fingerprint density at radius 3 is 2.81 bits per heavy atom. The number of benzene rings is 1. The maximum atomic E-state index is 12.1. The first-order chi connectivity index (χ1) is 15.8. The van der Waals surface area contributed by atoms with Crippen LogP contribution in [-0.2, 0) is 17.8 Å². The number of hydrogen-bond donors (Lipinski definition) is 2. The monoisotopic (exact) mass is 451 g/mol. The normalized spacial score (nSPS) is 13.8. The summed E-state index contributed by atoms with van der Waals surface area (Å²) in [5.41, 5.74) is 1.99. The number of rotatable bonds is 11. The number of hydrogen-bond acceptors (Lipinski definition) is 7. The van der Waals surface area contributed by atoms with Gasteiger partial charge in [0.05, 0.1) is 5.69 Å². The Kier molecular flexibility index (Phi) is 8.05. The standard InChI is InChI=1S/C24H29N5O2S/c30-22(25-13-16-29-14-4-5-15-29)11-10-20-18-32-24(27-20)28-23-21(9-6-12-26-23)31-17-19-7-2-1-3-8-19/h1-3,6-9,12,18H,4-5,10-11,13-17H2,(H,25,30)(H,26,27,28). The molecule has 3 heterocycles. The third-order valence-corrected chi connectivity index (χ3v) is 6.15. The first-order valence-corrected chi connectivity index (χ1v) is 12.0. The first kappa shape index (κ1) is 22.2. The highest BCUT2D eigenvalue weighted by molar-refractivity contribution is 7.13. The minimum absolute atomic E-state index is 0.0769. The van der Waals surface area contributed by atoms with Crippen LogP contribution in [0.15, 0.2) is 54.0 Å². The Balaban J connectivity index is 1.23. The van der Waals surface area contributed by atoms with Crippen LogP contribution >= 0.6 is 11.3 Å². The summed E-state index contributed by atoms with van der Waals surface area (Å²) in [6, 6.07) is 13.8. The molecule has 4 rings (SSSR count). The fraction of sp³-hybridized carbons (Fsp3) is 0.375. The van der Waals surface area contributed by atoms with E-state index in [1.165, 1.54) is 24.2 Å². The summed E-state index contributed by atoms with van der Waals surface area (Å²) < 4.78 is 5.95. The van der Waals surface area contributed by atoms with Gasteiger partial charge in [0.25, 0.3) is 0 Å². The van der Waals surface area contributed by atoms with Crippen molar-refractivity contribution >= 4 is 28.2 Å². The second-order valence-corrected chi connectivity index (χ2v) is 8.65. The molecule has 0 aliphatic carbocycles. The van der Waals surface area contributed by atoms with E-state index in [1.807, 2.05) is 47.8 Å². The van der Waals surface area contributed by atoms with Crippen LogP contribution in [-0.4, -0.2) is 47.0 Å². The van der Waals surface area contributed by atoms with Gasteiger partial charge < -0.3 is 20.3 Å². The molecule has 2 N–H and O–H groups in total. The van der Waals surface area contributed by atoms with Gasteiger partial charge in [-0.1, -0.05) is 30.3 Å². The van der Waals surface area contributed by atoms with Gasteiger partial charge in [0.15, 0.2) is 16.7 Å². The van der Waals surface area contributed by atoms with Crippen LogP contribution in [0.4, 0.5) is 10.9 Å². The minimum atomic E-state index is 0.0769. The number of ether oxygens (including phenoxy) is 1. The molecule has 0 spiro atoms. The van der Waals surface area contributed by atoms with Crippen molar-refractivity contribution in [3.05, 3.63) is 65.3 Å². The van der Waals surface area contributed by atoms with Crippen molar-refractivity contribution in [2.24, 2.45) is 0 Å². The molecule has 0 bridgehead atoms. The smallest absolute Gasteiger partial charge is 0.220 e. The van der Waals surface area contributed by atoms with E-state index in [4.69, 9.17) is 4.74 Å². The zero-order valence-electron chi connectivity index (χ0n) is 18.1. The van der Waals surface area contributed by atoms with E-state index in [9.17, 15) is 4.79 Å². The average Bonchev–Trinajstić information content (AvgIpc) is 3.50. The summed E-state index contributed by atoms with van der Waals surface area (Å²) in [6.45, 7) is 4.43. The highest BCUT2D eigenvalue weighted by Gasteiger charge is 2.12. The van der Waals surface area contributed by atoms with Gasteiger partial charge >= 0.3 is 0 Å². The number of nitrogens with one attached hydrogen (secondary N) is 2. The zero-order chi connectivity index (χ0) is 22.0. The molecule has 1 aromatic carbocycles. The summed E-state index contributed by atoms with van der Waals surface area (Å²) in [4.78, 5) is 23.5. The molecule has 3 aromatic rings. The molecule has 0 saturated carbocycles. The van der Waals surface area contributed by atoms with Gasteiger partial charge in [-0.05, 0) is 50.0 Å². The number of carbonyl (C=O) groups is 1. The van der Waals surface area contributed by atoms with Crippen molar-refractivity contribution in [2.45, 2.75) is 32.3 Å². The highest BCUT2D eigenvalue weighted by atomic mass is 32.1. The van der Waals surface area contributed by atoms with Gasteiger partial charge in [0.2, 0.25) is 5.91 Å². The number of aromatic nitrogens is 2. The summed E-state index contributed by atoms with van der Waals surface area (Å²) >= 11 is 1.50. The van der Waals surface area contributed by atoms with Crippen molar-refractivity contribution in [1.82, 2.24) is 20.2 Å². The molecule has 8 heteroatoms. The molecule has 1 aliphatic rings. The third-order valence-electron chi connectivity index (χ3n) is 5.34. The molecule has 1 saturated heterocycles. The number of amides is 1. The van der Waals surface area contributed by atoms with Gasteiger partial charge in [-0.25, -0.2) is 9.97 Å². The number of aryl methyl sites for hydroxylation is 1. The number of nitrogens with zero attached hydrogens (tertiary/aromatic N) is 3. The Hall–Kier alpha value is -2.97. The quantitative estimate of drug-likeness (QED) is 0.459. The van der Waals surface area contributed by atoms with Gasteiger partial charge in [0.1, 0.15) is 6.61 Å². The van der Waals surface area contributed by atoms with E-state index < -0.39 is 0 Å². The molecule has 0 radical (unpaired) electrons. The lowest BCUT2D eigenvalue weighted by molar-refractivity contribution is -0.121. The predicted molar refractivity (Wildman–Crippen MR) is 127 cm³/mol. The number of anilines is 2. The fourth-order valence-electron chi connectivity index (χ4n) is 3.61. The third kappa shape index (κ3) is 6.77. The van der Waals surface area contributed by atoms with Gasteiger partial charge in [0, 0.05) is 31.1 Å². The Bertz CT molecular complexity index is 989. The van der Waals surface area contributed by atoms with Gasteiger partial charge in [-0.3, -0.25) is 4.79 Å². The highest BCUT2D eigenvalue weighted by Crippen LogP contribution is 2.27. The number of pyridine rings is 1. The molecule has 0 atom stereocenters. The van der Waals surface area contributed by atoms with E-state index >= 15 is 0 Å². The van der Waals surface area contributed by atoms with Crippen LogP contribution in [0.2, 0.25) is 0 Å². The largest absolute Gasteiger partial charge is 0.485 e. The Labute approximate surface area is 192 Å². The van der Waals surface area contributed by atoms with E-state index in [0.717, 1.165) is 36.0 Å². The van der Waals surface area contributed by atoms with E-state index in [1.54, 1.807) is 6.20 Å². The SMILES string of the molecule is O=C(CCc1csc(Nc2ncccc2OCc2ccccc2)n1)NCCN1CCCC1. The molecule has 1 fully saturated rings. The number of carbonyl (C=O) groups excluding carboxylic acids is 1. The van der Waals surface area contributed by atoms with E-state index in [2.05, 4.69) is 25.5 Å². The van der Waals surface area contributed by atoms with Crippen LogP contribution in [0.3, 0.4) is 0 Å². The zero-order valence-corrected chi connectivity index (χ0v) is 18.9. The summed E-state index contributed by atoms with van der Waals surface area (Å²) in [7, 11) is 0. The molecule has 1 amide bonds. The van der Waals surface area contributed by atoms with Crippen molar-refractivity contribution in [3.8, 4) is 5.75 Å². The van der Waals surface area contributed by atoms with E-state index in [0.29, 0.717) is 37.6 Å². The lowest BCUT2D eigenvalue weighted by atomic mass is 10.2. The molecule has 7 nitrogen and oxygen atoms in total. The second kappa shape index (κ2) is 11.6. The fourth-order valence-corrected chi connectivity index (χ4v) is 4.35. The molecule has 2 aromatic heterocycles. The Morgan fingerprint density at radius 2 is 1.97 bits per heavy atom. The van der Waals surface area contributed by atoms with Crippen LogP contribution in [0, 0.1) is 0 Å². The summed E-state index contributed by atoms with van der Waals surface area (Å²) in [5, 5.41) is 8.98.